The summed E-state index contributed by atoms with van der Waals surface area (Å²) in [5.41, 5.74) is 2.37. The monoisotopic (exact) mass is 258 g/mol. The van der Waals surface area contributed by atoms with Crippen LogP contribution in [0.4, 0.5) is 0 Å². The molecule has 100 valence electrons. The standard InChI is InChI=1S/C16H18O3/c1-8(2)15-10(4)14(18)13-7-9(3)6-12(11(5)17)16(13)19-15/h6-8H,1-5H3. The van der Waals surface area contributed by atoms with Gasteiger partial charge >= 0.3 is 0 Å². The van der Waals surface area contributed by atoms with Crippen molar-refractivity contribution in [1.82, 2.24) is 0 Å². The first-order chi connectivity index (χ1) is 8.82. The lowest BCUT2D eigenvalue weighted by atomic mass is 10.00. The van der Waals surface area contributed by atoms with Crippen LogP contribution in [0.15, 0.2) is 21.3 Å². The third kappa shape index (κ3) is 2.21. The second-order valence-electron chi connectivity index (χ2n) is 5.32. The zero-order valence-corrected chi connectivity index (χ0v) is 12.0. The predicted molar refractivity (Wildman–Crippen MR) is 76.1 cm³/mol. The van der Waals surface area contributed by atoms with E-state index in [9.17, 15) is 9.59 Å². The smallest absolute Gasteiger partial charge is 0.195 e. The Morgan fingerprint density at radius 2 is 1.84 bits per heavy atom. The Morgan fingerprint density at radius 3 is 2.37 bits per heavy atom. The van der Waals surface area contributed by atoms with Gasteiger partial charge in [0.05, 0.1) is 10.9 Å². The highest BCUT2D eigenvalue weighted by Gasteiger charge is 2.17. The van der Waals surface area contributed by atoms with Gasteiger partial charge in [-0.25, -0.2) is 0 Å². The van der Waals surface area contributed by atoms with Crippen molar-refractivity contribution >= 4 is 16.8 Å². The third-order valence-corrected chi connectivity index (χ3v) is 3.30. The lowest BCUT2D eigenvalue weighted by Gasteiger charge is -2.12. The van der Waals surface area contributed by atoms with Crippen LogP contribution in [0.25, 0.3) is 11.0 Å². The molecule has 0 unspecified atom stereocenters. The fourth-order valence-corrected chi connectivity index (χ4v) is 2.36. The van der Waals surface area contributed by atoms with E-state index >= 15 is 0 Å². The number of rotatable bonds is 2. The van der Waals surface area contributed by atoms with Gasteiger partial charge < -0.3 is 4.42 Å². The lowest BCUT2D eigenvalue weighted by molar-refractivity contribution is 0.101. The molecule has 2 rings (SSSR count). The molecule has 0 saturated heterocycles. The summed E-state index contributed by atoms with van der Waals surface area (Å²) in [5.74, 6) is 0.678. The fourth-order valence-electron chi connectivity index (χ4n) is 2.36. The van der Waals surface area contributed by atoms with Crippen molar-refractivity contribution in [3.63, 3.8) is 0 Å². The first kappa shape index (κ1) is 13.5. The SMILES string of the molecule is CC(=O)c1cc(C)cc2c(=O)c(C)c(C(C)C)oc12. The molecule has 19 heavy (non-hydrogen) atoms. The molecule has 1 aromatic carbocycles. The predicted octanol–water partition coefficient (Wildman–Crippen LogP) is 3.74. The van der Waals surface area contributed by atoms with Crippen LogP contribution >= 0.6 is 0 Å². The van der Waals surface area contributed by atoms with Crippen LogP contribution in [0.5, 0.6) is 0 Å². The zero-order valence-electron chi connectivity index (χ0n) is 12.0. The van der Waals surface area contributed by atoms with Crippen LogP contribution in [0.2, 0.25) is 0 Å². The highest BCUT2D eigenvalue weighted by Crippen LogP contribution is 2.25. The molecular formula is C16H18O3. The molecule has 0 aliphatic rings. The maximum Gasteiger partial charge on any atom is 0.195 e. The van der Waals surface area contributed by atoms with Gasteiger partial charge in [-0.15, -0.1) is 0 Å². The molecule has 1 aromatic heterocycles. The molecular weight excluding hydrogens is 240 g/mol. The number of aryl methyl sites for hydroxylation is 1. The second kappa shape index (κ2) is 4.65. The largest absolute Gasteiger partial charge is 0.459 e. The summed E-state index contributed by atoms with van der Waals surface area (Å²) < 4.78 is 5.86. The van der Waals surface area contributed by atoms with Crippen LogP contribution in [0.3, 0.4) is 0 Å². The topological polar surface area (TPSA) is 47.3 Å². The number of fused-ring (bicyclic) bond motifs is 1. The lowest BCUT2D eigenvalue weighted by Crippen LogP contribution is -2.12. The molecule has 0 amide bonds. The van der Waals surface area contributed by atoms with Crippen molar-refractivity contribution in [3.8, 4) is 0 Å². The molecule has 2 aromatic rings. The van der Waals surface area contributed by atoms with Gasteiger partial charge in [0.15, 0.2) is 11.2 Å². The molecule has 1 heterocycles. The summed E-state index contributed by atoms with van der Waals surface area (Å²) in [6, 6.07) is 3.55. The number of hydrogen-bond donors (Lipinski definition) is 0. The van der Waals surface area contributed by atoms with Crippen molar-refractivity contribution in [2.75, 3.05) is 0 Å². The summed E-state index contributed by atoms with van der Waals surface area (Å²) in [7, 11) is 0. The highest BCUT2D eigenvalue weighted by atomic mass is 16.3. The number of ketones is 1. The third-order valence-electron chi connectivity index (χ3n) is 3.30. The Bertz CT molecular complexity index is 721. The second-order valence-corrected chi connectivity index (χ2v) is 5.32. The van der Waals surface area contributed by atoms with Crippen molar-refractivity contribution < 1.29 is 9.21 Å². The van der Waals surface area contributed by atoms with Crippen molar-refractivity contribution in [2.45, 2.75) is 40.5 Å². The minimum atomic E-state index is -0.0876. The van der Waals surface area contributed by atoms with Gasteiger partial charge in [-0.05, 0) is 38.5 Å². The van der Waals surface area contributed by atoms with Gasteiger partial charge in [-0.2, -0.15) is 0 Å². The number of hydrogen-bond acceptors (Lipinski definition) is 3. The Morgan fingerprint density at radius 1 is 1.21 bits per heavy atom. The molecule has 0 atom stereocenters. The van der Waals surface area contributed by atoms with E-state index in [4.69, 9.17) is 4.42 Å². The molecule has 0 N–H and O–H groups in total. The van der Waals surface area contributed by atoms with E-state index in [1.165, 1.54) is 6.92 Å². The van der Waals surface area contributed by atoms with E-state index in [-0.39, 0.29) is 17.1 Å². The quantitative estimate of drug-likeness (QED) is 0.771. The van der Waals surface area contributed by atoms with E-state index < -0.39 is 0 Å². The first-order valence-corrected chi connectivity index (χ1v) is 6.41. The van der Waals surface area contributed by atoms with Crippen LogP contribution < -0.4 is 5.43 Å². The Balaban J connectivity index is 3.01. The Labute approximate surface area is 112 Å². The molecule has 0 radical (unpaired) electrons. The fraction of sp³-hybridized carbons (Fsp3) is 0.375. The minimum Gasteiger partial charge on any atom is -0.459 e. The van der Waals surface area contributed by atoms with Gasteiger partial charge in [-0.1, -0.05) is 13.8 Å². The number of carbonyl (C=O) groups is 1. The van der Waals surface area contributed by atoms with Crippen LogP contribution in [-0.4, -0.2) is 5.78 Å². The van der Waals surface area contributed by atoms with E-state index in [0.29, 0.717) is 27.9 Å². The van der Waals surface area contributed by atoms with E-state index in [1.54, 1.807) is 19.1 Å². The molecule has 0 spiro atoms. The number of Topliss-reactive ketones (excluding diaryl/α,β-unsaturated/α-hetero) is 1. The average Bonchev–Trinajstić information content (AvgIpc) is 2.32. The minimum absolute atomic E-state index is 0.0452. The summed E-state index contributed by atoms with van der Waals surface area (Å²) in [5, 5.41) is 0.493. The highest BCUT2D eigenvalue weighted by molar-refractivity contribution is 6.05. The Hall–Kier alpha value is -1.90. The van der Waals surface area contributed by atoms with Gasteiger partial charge in [0.25, 0.3) is 0 Å². The van der Waals surface area contributed by atoms with Crippen LogP contribution in [0, 0.1) is 13.8 Å². The number of carbonyl (C=O) groups excluding carboxylic acids is 1. The van der Waals surface area contributed by atoms with Gasteiger partial charge in [0.1, 0.15) is 11.3 Å². The van der Waals surface area contributed by atoms with E-state index in [0.717, 1.165) is 5.56 Å². The summed E-state index contributed by atoms with van der Waals surface area (Å²) in [6.07, 6.45) is 0. The van der Waals surface area contributed by atoms with Crippen molar-refractivity contribution in [3.05, 3.63) is 44.8 Å². The maximum absolute atomic E-state index is 12.4. The first-order valence-electron chi connectivity index (χ1n) is 6.41. The maximum atomic E-state index is 12.4. The van der Waals surface area contributed by atoms with Crippen molar-refractivity contribution in [1.29, 1.82) is 0 Å². The van der Waals surface area contributed by atoms with E-state index in [2.05, 4.69) is 0 Å². The normalized spacial score (nSPS) is 11.3. The summed E-state index contributed by atoms with van der Waals surface area (Å²) >= 11 is 0. The molecule has 3 nitrogen and oxygen atoms in total. The molecule has 0 saturated carbocycles. The van der Waals surface area contributed by atoms with Gasteiger partial charge in [0.2, 0.25) is 0 Å². The summed E-state index contributed by atoms with van der Waals surface area (Å²) in [4.78, 5) is 24.1. The van der Waals surface area contributed by atoms with Gasteiger partial charge in [-0.3, -0.25) is 9.59 Å². The average molecular weight is 258 g/mol. The van der Waals surface area contributed by atoms with E-state index in [1.807, 2.05) is 20.8 Å². The number of benzene rings is 1. The molecule has 0 aliphatic heterocycles. The zero-order chi connectivity index (χ0) is 14.3. The van der Waals surface area contributed by atoms with Gasteiger partial charge in [0, 0.05) is 11.5 Å². The van der Waals surface area contributed by atoms with Crippen molar-refractivity contribution in [2.24, 2.45) is 0 Å². The van der Waals surface area contributed by atoms with Crippen LogP contribution in [-0.2, 0) is 0 Å². The molecule has 0 aliphatic carbocycles. The molecule has 0 fully saturated rings. The molecule has 0 bridgehead atoms. The molecule has 3 heteroatoms. The van der Waals surface area contributed by atoms with Crippen LogP contribution in [0.1, 0.15) is 53.9 Å². The summed E-state index contributed by atoms with van der Waals surface area (Å²) in [6.45, 7) is 9.08. The Kier molecular flexibility index (Phi) is 3.31.